The van der Waals surface area contributed by atoms with Gasteiger partial charge in [0, 0.05) is 16.1 Å². The lowest BCUT2D eigenvalue weighted by Gasteiger charge is -2.06. The zero-order chi connectivity index (χ0) is 17.6. The van der Waals surface area contributed by atoms with E-state index in [9.17, 15) is 9.59 Å². The van der Waals surface area contributed by atoms with E-state index in [1.807, 2.05) is 17.5 Å². The van der Waals surface area contributed by atoms with E-state index < -0.39 is 0 Å². The SMILES string of the molecule is CC(=O)c1cccc(NC(=O)CSc2nnnn2Cc2cccs2)c1. The van der Waals surface area contributed by atoms with Gasteiger partial charge >= 0.3 is 0 Å². The summed E-state index contributed by atoms with van der Waals surface area (Å²) in [7, 11) is 0. The lowest BCUT2D eigenvalue weighted by Crippen LogP contribution is -2.15. The summed E-state index contributed by atoms with van der Waals surface area (Å²) in [5.41, 5.74) is 1.15. The number of hydrogen-bond donors (Lipinski definition) is 1. The molecule has 0 radical (unpaired) electrons. The second kappa shape index (κ2) is 8.04. The molecule has 0 fully saturated rings. The Balaban J connectivity index is 1.57. The fraction of sp³-hybridized carbons (Fsp3) is 0.188. The van der Waals surface area contributed by atoms with Crippen LogP contribution in [0.1, 0.15) is 22.2 Å². The second-order valence-corrected chi connectivity index (χ2v) is 7.15. The number of hydrogen-bond acceptors (Lipinski definition) is 7. The predicted octanol–water partition coefficient (Wildman–Crippen LogP) is 2.72. The molecule has 0 aliphatic rings. The van der Waals surface area contributed by atoms with Crippen LogP contribution in [0.15, 0.2) is 46.9 Å². The lowest BCUT2D eigenvalue weighted by molar-refractivity contribution is -0.113. The summed E-state index contributed by atoms with van der Waals surface area (Å²) in [6.45, 7) is 2.07. The Kier molecular flexibility index (Phi) is 5.56. The average Bonchev–Trinajstić information content (AvgIpc) is 3.25. The van der Waals surface area contributed by atoms with E-state index in [1.165, 1.54) is 18.7 Å². The highest BCUT2D eigenvalue weighted by molar-refractivity contribution is 7.99. The zero-order valence-electron chi connectivity index (χ0n) is 13.4. The van der Waals surface area contributed by atoms with Crippen molar-refractivity contribution in [3.63, 3.8) is 0 Å². The van der Waals surface area contributed by atoms with Crippen LogP contribution in [-0.4, -0.2) is 37.7 Å². The summed E-state index contributed by atoms with van der Waals surface area (Å²) in [5.74, 6) is -0.0515. The molecule has 0 aliphatic heterocycles. The number of anilines is 1. The number of amides is 1. The summed E-state index contributed by atoms with van der Waals surface area (Å²) in [6, 6.07) is 10.8. The van der Waals surface area contributed by atoms with Gasteiger partial charge in [0.15, 0.2) is 5.78 Å². The summed E-state index contributed by atoms with van der Waals surface area (Å²) in [6.07, 6.45) is 0. The Morgan fingerprint density at radius 2 is 2.16 bits per heavy atom. The van der Waals surface area contributed by atoms with Gasteiger partial charge < -0.3 is 5.32 Å². The van der Waals surface area contributed by atoms with Crippen molar-refractivity contribution in [1.29, 1.82) is 0 Å². The number of Topliss-reactive ketones (excluding diaryl/α,β-unsaturated/α-hetero) is 1. The van der Waals surface area contributed by atoms with Gasteiger partial charge in [-0.15, -0.1) is 16.4 Å². The number of thioether (sulfide) groups is 1. The first-order valence-corrected chi connectivity index (χ1v) is 9.30. The molecular weight excluding hydrogens is 358 g/mol. The highest BCUT2D eigenvalue weighted by Gasteiger charge is 2.11. The van der Waals surface area contributed by atoms with Gasteiger partial charge in [-0.25, -0.2) is 4.68 Å². The maximum Gasteiger partial charge on any atom is 0.234 e. The normalized spacial score (nSPS) is 10.6. The highest BCUT2D eigenvalue weighted by Crippen LogP contribution is 2.18. The number of carbonyl (C=O) groups is 2. The number of rotatable bonds is 7. The van der Waals surface area contributed by atoms with Crippen LogP contribution in [0.5, 0.6) is 0 Å². The quantitative estimate of drug-likeness (QED) is 0.506. The van der Waals surface area contributed by atoms with Crippen molar-refractivity contribution in [3.8, 4) is 0 Å². The number of ketones is 1. The summed E-state index contributed by atoms with van der Waals surface area (Å²) in [5, 5.41) is 16.9. The van der Waals surface area contributed by atoms with Crippen molar-refractivity contribution in [2.45, 2.75) is 18.6 Å². The minimum absolute atomic E-state index is 0.0433. The van der Waals surface area contributed by atoms with Gasteiger partial charge in [-0.05, 0) is 40.9 Å². The van der Waals surface area contributed by atoms with Gasteiger partial charge in [0.05, 0.1) is 12.3 Å². The molecule has 9 heteroatoms. The van der Waals surface area contributed by atoms with Gasteiger partial charge in [-0.2, -0.15) is 0 Å². The van der Waals surface area contributed by atoms with Crippen molar-refractivity contribution in [1.82, 2.24) is 20.2 Å². The van der Waals surface area contributed by atoms with Gasteiger partial charge in [0.2, 0.25) is 11.1 Å². The second-order valence-electron chi connectivity index (χ2n) is 5.17. The van der Waals surface area contributed by atoms with Crippen molar-refractivity contribution < 1.29 is 9.59 Å². The third-order valence-electron chi connectivity index (χ3n) is 3.27. The Morgan fingerprint density at radius 3 is 2.92 bits per heavy atom. The maximum absolute atomic E-state index is 12.1. The van der Waals surface area contributed by atoms with Gasteiger partial charge in [0.25, 0.3) is 0 Å². The molecule has 0 bridgehead atoms. The molecule has 3 aromatic rings. The molecule has 25 heavy (non-hydrogen) atoms. The van der Waals surface area contributed by atoms with E-state index in [2.05, 4.69) is 20.8 Å². The van der Waals surface area contributed by atoms with E-state index in [4.69, 9.17) is 0 Å². The molecule has 0 unspecified atom stereocenters. The Hall–Kier alpha value is -2.52. The monoisotopic (exact) mass is 373 g/mol. The van der Waals surface area contributed by atoms with Crippen molar-refractivity contribution in [2.75, 3.05) is 11.1 Å². The molecule has 7 nitrogen and oxygen atoms in total. The van der Waals surface area contributed by atoms with Crippen LogP contribution in [0.2, 0.25) is 0 Å². The molecule has 0 saturated heterocycles. The van der Waals surface area contributed by atoms with Crippen LogP contribution in [0.4, 0.5) is 5.69 Å². The largest absolute Gasteiger partial charge is 0.325 e. The average molecular weight is 373 g/mol. The topological polar surface area (TPSA) is 89.8 Å². The first-order valence-electron chi connectivity index (χ1n) is 7.44. The number of nitrogens with zero attached hydrogens (tertiary/aromatic N) is 4. The Labute approximate surface area is 152 Å². The minimum Gasteiger partial charge on any atom is -0.325 e. The maximum atomic E-state index is 12.1. The number of aromatic nitrogens is 4. The fourth-order valence-electron chi connectivity index (χ4n) is 2.09. The molecule has 0 atom stereocenters. The van der Waals surface area contributed by atoms with Crippen molar-refractivity contribution in [2.24, 2.45) is 0 Å². The highest BCUT2D eigenvalue weighted by atomic mass is 32.2. The van der Waals surface area contributed by atoms with Gasteiger partial charge in [0.1, 0.15) is 0 Å². The molecule has 128 valence electrons. The first-order chi connectivity index (χ1) is 12.1. The molecule has 1 aromatic carbocycles. The molecule has 0 aliphatic carbocycles. The molecule has 1 amide bonds. The summed E-state index contributed by atoms with van der Waals surface area (Å²) in [4.78, 5) is 24.7. The van der Waals surface area contributed by atoms with Crippen LogP contribution in [-0.2, 0) is 11.3 Å². The number of tetrazole rings is 1. The predicted molar refractivity (Wildman–Crippen MR) is 97.0 cm³/mol. The lowest BCUT2D eigenvalue weighted by atomic mass is 10.1. The third-order valence-corrected chi connectivity index (χ3v) is 5.09. The smallest absolute Gasteiger partial charge is 0.234 e. The number of thiophene rings is 1. The Morgan fingerprint density at radius 1 is 1.28 bits per heavy atom. The number of carbonyl (C=O) groups excluding carboxylic acids is 2. The molecular formula is C16H15N5O2S2. The van der Waals surface area contributed by atoms with Crippen LogP contribution in [0.25, 0.3) is 0 Å². The molecule has 0 spiro atoms. The molecule has 0 saturated carbocycles. The molecule has 1 N–H and O–H groups in total. The summed E-state index contributed by atoms with van der Waals surface area (Å²) < 4.78 is 1.67. The van der Waals surface area contributed by atoms with E-state index in [0.717, 1.165) is 4.88 Å². The van der Waals surface area contributed by atoms with Crippen LogP contribution in [0.3, 0.4) is 0 Å². The van der Waals surface area contributed by atoms with E-state index >= 15 is 0 Å². The molecule has 3 rings (SSSR count). The van der Waals surface area contributed by atoms with E-state index in [0.29, 0.717) is 23.0 Å². The first kappa shape index (κ1) is 17.3. The van der Waals surface area contributed by atoms with Crippen LogP contribution in [0, 0.1) is 0 Å². The molecule has 2 aromatic heterocycles. The van der Waals surface area contributed by atoms with Gasteiger partial charge in [-0.3, -0.25) is 9.59 Å². The standard InChI is InChI=1S/C16H15N5O2S2/c1-11(22)12-4-2-5-13(8-12)17-15(23)10-25-16-18-19-20-21(16)9-14-6-3-7-24-14/h2-8H,9-10H2,1H3,(H,17,23). The van der Waals surface area contributed by atoms with Crippen molar-refractivity contribution >= 4 is 40.5 Å². The summed E-state index contributed by atoms with van der Waals surface area (Å²) >= 11 is 2.89. The minimum atomic E-state index is -0.184. The van der Waals surface area contributed by atoms with Crippen LogP contribution >= 0.6 is 23.1 Å². The zero-order valence-corrected chi connectivity index (χ0v) is 15.0. The fourth-order valence-corrected chi connectivity index (χ4v) is 3.45. The molecule has 2 heterocycles. The third kappa shape index (κ3) is 4.74. The van der Waals surface area contributed by atoms with Crippen molar-refractivity contribution in [3.05, 3.63) is 52.2 Å². The Bertz CT molecular complexity index is 876. The van der Waals surface area contributed by atoms with Crippen LogP contribution < -0.4 is 5.32 Å². The van der Waals surface area contributed by atoms with Gasteiger partial charge in [-0.1, -0.05) is 30.0 Å². The number of nitrogens with one attached hydrogen (secondary N) is 1. The number of benzene rings is 1. The van der Waals surface area contributed by atoms with E-state index in [1.54, 1.807) is 40.3 Å². The van der Waals surface area contributed by atoms with E-state index in [-0.39, 0.29) is 17.4 Å².